The SMILES string of the molecule is CCOC1=CN(Cc2ccccc2)CC(=O)C1. The number of allylic oxidation sites excluding steroid dienone is 1. The minimum absolute atomic E-state index is 0.215. The van der Waals surface area contributed by atoms with Gasteiger partial charge in [-0.3, -0.25) is 4.79 Å². The van der Waals surface area contributed by atoms with Crippen LogP contribution in [0.5, 0.6) is 0 Å². The number of ketones is 1. The molecule has 0 aliphatic carbocycles. The van der Waals surface area contributed by atoms with E-state index in [0.717, 1.165) is 12.3 Å². The van der Waals surface area contributed by atoms with Crippen molar-refractivity contribution in [2.45, 2.75) is 19.9 Å². The summed E-state index contributed by atoms with van der Waals surface area (Å²) in [5.41, 5.74) is 1.20. The largest absolute Gasteiger partial charge is 0.496 e. The number of carbonyl (C=O) groups is 1. The molecule has 0 unspecified atom stereocenters. The highest BCUT2D eigenvalue weighted by atomic mass is 16.5. The van der Waals surface area contributed by atoms with Gasteiger partial charge in [0.1, 0.15) is 5.76 Å². The van der Waals surface area contributed by atoms with Crippen molar-refractivity contribution in [3.05, 3.63) is 47.9 Å². The monoisotopic (exact) mass is 231 g/mol. The van der Waals surface area contributed by atoms with Crippen LogP contribution in [0, 0.1) is 0 Å². The molecule has 0 atom stereocenters. The van der Waals surface area contributed by atoms with Gasteiger partial charge in [0.05, 0.1) is 19.6 Å². The molecular formula is C14H17NO2. The summed E-state index contributed by atoms with van der Waals surface area (Å²) in [4.78, 5) is 13.6. The smallest absolute Gasteiger partial charge is 0.159 e. The second-order valence-electron chi connectivity index (χ2n) is 4.13. The highest BCUT2D eigenvalue weighted by Crippen LogP contribution is 2.15. The van der Waals surface area contributed by atoms with E-state index in [1.807, 2.05) is 36.2 Å². The first-order valence-corrected chi connectivity index (χ1v) is 5.91. The molecule has 0 saturated carbocycles. The topological polar surface area (TPSA) is 29.5 Å². The quantitative estimate of drug-likeness (QED) is 0.796. The Morgan fingerprint density at radius 2 is 2.06 bits per heavy atom. The van der Waals surface area contributed by atoms with Gasteiger partial charge in [0.25, 0.3) is 0 Å². The molecule has 1 aromatic rings. The number of carbonyl (C=O) groups excluding carboxylic acids is 1. The van der Waals surface area contributed by atoms with Gasteiger partial charge in [-0.2, -0.15) is 0 Å². The van der Waals surface area contributed by atoms with Gasteiger partial charge < -0.3 is 9.64 Å². The third-order valence-corrected chi connectivity index (χ3v) is 2.64. The summed E-state index contributed by atoms with van der Waals surface area (Å²) in [6.45, 7) is 3.77. The number of hydrogen-bond acceptors (Lipinski definition) is 3. The van der Waals surface area contributed by atoms with Crippen molar-refractivity contribution in [1.82, 2.24) is 4.90 Å². The number of rotatable bonds is 4. The molecule has 1 aliphatic heterocycles. The summed E-state index contributed by atoms with van der Waals surface area (Å²) >= 11 is 0. The normalized spacial score (nSPS) is 15.7. The van der Waals surface area contributed by atoms with Crippen LogP contribution in [0.3, 0.4) is 0 Å². The fourth-order valence-corrected chi connectivity index (χ4v) is 1.96. The number of benzene rings is 1. The molecule has 0 fully saturated rings. The maximum atomic E-state index is 11.6. The lowest BCUT2D eigenvalue weighted by Crippen LogP contribution is -2.30. The molecule has 1 aliphatic rings. The molecule has 1 aromatic carbocycles. The Labute approximate surface area is 102 Å². The Morgan fingerprint density at radius 1 is 1.29 bits per heavy atom. The number of nitrogens with zero attached hydrogens (tertiary/aromatic N) is 1. The van der Waals surface area contributed by atoms with Gasteiger partial charge in [-0.1, -0.05) is 30.3 Å². The number of Topliss-reactive ketones (excluding diaryl/α,β-unsaturated/α-hetero) is 1. The van der Waals surface area contributed by atoms with Gasteiger partial charge in [0, 0.05) is 12.7 Å². The average Bonchev–Trinajstić information content (AvgIpc) is 2.30. The van der Waals surface area contributed by atoms with Crippen molar-refractivity contribution >= 4 is 5.78 Å². The van der Waals surface area contributed by atoms with Crippen molar-refractivity contribution < 1.29 is 9.53 Å². The van der Waals surface area contributed by atoms with E-state index in [4.69, 9.17) is 4.74 Å². The summed E-state index contributed by atoms with van der Waals surface area (Å²) in [6, 6.07) is 10.1. The molecule has 3 nitrogen and oxygen atoms in total. The molecule has 0 bridgehead atoms. The van der Waals surface area contributed by atoms with E-state index in [9.17, 15) is 4.79 Å². The van der Waals surface area contributed by atoms with Crippen LogP contribution < -0.4 is 0 Å². The van der Waals surface area contributed by atoms with Crippen LogP contribution >= 0.6 is 0 Å². The minimum Gasteiger partial charge on any atom is -0.496 e. The molecule has 0 aromatic heterocycles. The van der Waals surface area contributed by atoms with Crippen LogP contribution in [0.15, 0.2) is 42.3 Å². The van der Waals surface area contributed by atoms with Crippen LogP contribution in [0.25, 0.3) is 0 Å². The van der Waals surface area contributed by atoms with Crippen molar-refractivity contribution in [1.29, 1.82) is 0 Å². The van der Waals surface area contributed by atoms with Crippen LogP contribution in [-0.4, -0.2) is 23.8 Å². The first kappa shape index (κ1) is 11.7. The molecule has 1 heterocycles. The molecule has 0 saturated heterocycles. The van der Waals surface area contributed by atoms with Gasteiger partial charge in [-0.15, -0.1) is 0 Å². The zero-order chi connectivity index (χ0) is 12.1. The van der Waals surface area contributed by atoms with Crippen molar-refractivity contribution in [3.63, 3.8) is 0 Å². The molecule has 0 radical (unpaired) electrons. The lowest BCUT2D eigenvalue weighted by molar-refractivity contribution is -0.120. The summed E-state index contributed by atoms with van der Waals surface area (Å²) < 4.78 is 5.42. The van der Waals surface area contributed by atoms with Crippen molar-refractivity contribution in [3.8, 4) is 0 Å². The molecule has 0 N–H and O–H groups in total. The summed E-state index contributed by atoms with van der Waals surface area (Å²) in [5, 5.41) is 0. The average molecular weight is 231 g/mol. The van der Waals surface area contributed by atoms with Crippen molar-refractivity contribution in [2.24, 2.45) is 0 Å². The standard InChI is InChI=1S/C14H17NO2/c1-2-17-14-8-13(16)10-15(11-14)9-12-6-4-3-5-7-12/h3-7,11H,2,8-10H2,1H3. The molecule has 17 heavy (non-hydrogen) atoms. The van der Waals surface area contributed by atoms with Crippen LogP contribution in [0.2, 0.25) is 0 Å². The van der Waals surface area contributed by atoms with Crippen LogP contribution in [0.1, 0.15) is 18.9 Å². The Morgan fingerprint density at radius 3 is 2.76 bits per heavy atom. The zero-order valence-corrected chi connectivity index (χ0v) is 10.1. The molecular weight excluding hydrogens is 214 g/mol. The van der Waals surface area contributed by atoms with E-state index in [1.54, 1.807) is 0 Å². The minimum atomic E-state index is 0.215. The second kappa shape index (κ2) is 5.53. The molecule has 90 valence electrons. The summed E-state index contributed by atoms with van der Waals surface area (Å²) in [5.74, 6) is 0.992. The van der Waals surface area contributed by atoms with E-state index in [1.165, 1.54) is 5.56 Å². The molecule has 0 spiro atoms. The molecule has 0 amide bonds. The fourth-order valence-electron chi connectivity index (χ4n) is 1.96. The van der Waals surface area contributed by atoms with Crippen molar-refractivity contribution in [2.75, 3.05) is 13.2 Å². The highest BCUT2D eigenvalue weighted by Gasteiger charge is 2.18. The van der Waals surface area contributed by atoms with Gasteiger partial charge in [0.2, 0.25) is 0 Å². The van der Waals surface area contributed by atoms with Gasteiger partial charge >= 0.3 is 0 Å². The first-order chi connectivity index (χ1) is 8.28. The third-order valence-electron chi connectivity index (χ3n) is 2.64. The lowest BCUT2D eigenvalue weighted by Gasteiger charge is -2.25. The summed E-state index contributed by atoms with van der Waals surface area (Å²) in [7, 11) is 0. The predicted octanol–water partition coefficient (Wildman–Crippen LogP) is 2.34. The zero-order valence-electron chi connectivity index (χ0n) is 10.1. The Balaban J connectivity index is 2.05. The van der Waals surface area contributed by atoms with Crippen LogP contribution in [0.4, 0.5) is 0 Å². The fraction of sp³-hybridized carbons (Fsp3) is 0.357. The third kappa shape index (κ3) is 3.34. The van der Waals surface area contributed by atoms with Crippen LogP contribution in [-0.2, 0) is 16.1 Å². The predicted molar refractivity (Wildman–Crippen MR) is 66.2 cm³/mol. The summed E-state index contributed by atoms with van der Waals surface area (Å²) in [6.07, 6.45) is 2.39. The Bertz CT molecular complexity index is 411. The Kier molecular flexibility index (Phi) is 3.81. The van der Waals surface area contributed by atoms with E-state index < -0.39 is 0 Å². The first-order valence-electron chi connectivity index (χ1n) is 5.91. The lowest BCUT2D eigenvalue weighted by atomic mass is 10.1. The van der Waals surface area contributed by atoms with E-state index >= 15 is 0 Å². The highest BCUT2D eigenvalue weighted by molar-refractivity contribution is 5.83. The van der Waals surface area contributed by atoms with E-state index in [-0.39, 0.29) is 5.78 Å². The molecule has 3 heteroatoms. The van der Waals surface area contributed by atoms with Gasteiger partial charge in [-0.05, 0) is 12.5 Å². The number of ether oxygens (including phenoxy) is 1. The Hall–Kier alpha value is -1.77. The van der Waals surface area contributed by atoms with E-state index in [0.29, 0.717) is 19.6 Å². The maximum absolute atomic E-state index is 11.6. The second-order valence-corrected chi connectivity index (χ2v) is 4.13. The maximum Gasteiger partial charge on any atom is 0.159 e. The van der Waals surface area contributed by atoms with E-state index in [2.05, 4.69) is 12.1 Å². The van der Waals surface area contributed by atoms with Gasteiger partial charge in [0.15, 0.2) is 5.78 Å². The molecule has 2 rings (SSSR count). The van der Waals surface area contributed by atoms with Gasteiger partial charge in [-0.25, -0.2) is 0 Å². The number of hydrogen-bond donors (Lipinski definition) is 0.